The fraction of sp³-hybridized carbons (Fsp3) is 0.514. The maximum absolute atomic E-state index is 12.6. The number of nitrogens with one attached hydrogen (secondary N) is 1. The highest BCUT2D eigenvalue weighted by Gasteiger charge is 2.61. The molecule has 7 N–H and O–H groups in total. The van der Waals surface area contributed by atoms with Crippen molar-refractivity contribution in [1.82, 2.24) is 39.0 Å². The number of hydrogen-bond donors (Lipinski definition) is 6. The first-order valence-corrected chi connectivity index (χ1v) is 18.0. The SMILES string of the molecule is COc1nc(N)nc2c1ncn2C1OC(CO)[C@@H](O)[C@]12CCCO2.COc1nc(NC(=O)c2ccccc2)nc2c1ncn2C1OC(CO)[C@@H](O)[C@]12CCCO2. The lowest BCUT2D eigenvalue weighted by molar-refractivity contribution is -0.119. The largest absolute Gasteiger partial charge is 0.479 e. The van der Waals surface area contributed by atoms with Gasteiger partial charge in [-0.3, -0.25) is 19.2 Å². The van der Waals surface area contributed by atoms with E-state index in [-0.39, 0.29) is 42.8 Å². The van der Waals surface area contributed by atoms with E-state index < -0.39 is 48.1 Å². The van der Waals surface area contributed by atoms with E-state index in [0.717, 1.165) is 12.8 Å². The predicted octanol–water partition coefficient (Wildman–Crippen LogP) is 0.104. The van der Waals surface area contributed by atoms with E-state index in [1.54, 1.807) is 33.4 Å². The lowest BCUT2D eigenvalue weighted by atomic mass is 9.91. The van der Waals surface area contributed by atoms with Crippen LogP contribution >= 0.6 is 0 Å². The standard InChI is InChI=1S/C21H23N5O6.C14H19N5O5/c1-30-18-14-16(23-20(25-18)24-17(29)12-6-3-2-4-7-12)26(11-22-14)19-21(8-5-9-31-21)15(28)13(10-27)32-19;1-22-11-8-10(17-13(15)18-11)19(6-16-8)12-14(3-2-4-23-14)9(21)7(5-20)24-12/h2-4,6-7,11,13,15,19,27-28H,5,8-10H2,1H3,(H,23,24,25,29);6-7,9,12,20-21H,2-5H2,1H3,(H2,15,17,18)/t13?,15-,19?,21-;7?,9-,12?,14-/m11/s1. The first-order valence-electron chi connectivity index (χ1n) is 18.0. The molecule has 4 unspecified atom stereocenters. The summed E-state index contributed by atoms with van der Waals surface area (Å²) in [7, 11) is 2.92. The van der Waals surface area contributed by atoms with Gasteiger partial charge in [-0.15, -0.1) is 0 Å². The summed E-state index contributed by atoms with van der Waals surface area (Å²) >= 11 is 0. The number of carbonyl (C=O) groups is 1. The molecule has 9 rings (SSSR count). The zero-order chi connectivity index (χ0) is 39.2. The van der Waals surface area contributed by atoms with Gasteiger partial charge in [0.05, 0.1) is 40.1 Å². The number of ether oxygens (including phenoxy) is 6. The first kappa shape index (κ1) is 37.8. The number of nitrogen functional groups attached to an aromatic ring is 1. The Bertz CT molecular complexity index is 2190. The molecule has 21 nitrogen and oxygen atoms in total. The lowest BCUT2D eigenvalue weighted by Crippen LogP contribution is -2.46. The number of methoxy groups -OCH3 is 2. The van der Waals surface area contributed by atoms with Gasteiger partial charge in [0.15, 0.2) is 34.8 Å². The number of fused-ring (bicyclic) bond motifs is 2. The lowest BCUT2D eigenvalue weighted by Gasteiger charge is -2.31. The van der Waals surface area contributed by atoms with Crippen molar-refractivity contribution in [2.75, 3.05) is 51.7 Å². The Hall–Kier alpha value is -5.13. The van der Waals surface area contributed by atoms with Crippen LogP contribution < -0.4 is 20.5 Å². The summed E-state index contributed by atoms with van der Waals surface area (Å²) in [6.45, 7) is 0.322. The van der Waals surface area contributed by atoms with Crippen molar-refractivity contribution < 1.29 is 53.6 Å². The number of benzene rings is 1. The summed E-state index contributed by atoms with van der Waals surface area (Å²) < 4.78 is 37.6. The van der Waals surface area contributed by atoms with Crippen molar-refractivity contribution in [2.24, 2.45) is 0 Å². The zero-order valence-corrected chi connectivity index (χ0v) is 30.5. The molecule has 0 aliphatic carbocycles. The number of anilines is 2. The second-order valence-corrected chi connectivity index (χ2v) is 13.7. The van der Waals surface area contributed by atoms with Gasteiger partial charge in [-0.05, 0) is 37.8 Å². The van der Waals surface area contributed by atoms with Gasteiger partial charge in [-0.1, -0.05) is 18.2 Å². The summed E-state index contributed by atoms with van der Waals surface area (Å²) in [5.41, 5.74) is 5.78. The summed E-state index contributed by atoms with van der Waals surface area (Å²) in [6, 6.07) is 8.70. The number of imidazole rings is 2. The topological polar surface area (TPSA) is 279 Å². The Kier molecular flexibility index (Phi) is 10.2. The molecule has 0 saturated carbocycles. The third-order valence-electron chi connectivity index (χ3n) is 10.6. The monoisotopic (exact) mass is 778 g/mol. The molecule has 56 heavy (non-hydrogen) atoms. The molecule has 21 heteroatoms. The van der Waals surface area contributed by atoms with Crippen LogP contribution in [-0.4, -0.2) is 142 Å². The minimum atomic E-state index is -1.04. The molecule has 8 atom stereocenters. The van der Waals surface area contributed by atoms with Crippen LogP contribution in [0.15, 0.2) is 43.0 Å². The molecule has 4 aliphatic heterocycles. The number of nitrogens with zero attached hydrogens (tertiary/aromatic N) is 8. The van der Waals surface area contributed by atoms with Crippen LogP contribution in [0.5, 0.6) is 11.8 Å². The van der Waals surface area contributed by atoms with Crippen LogP contribution in [-0.2, 0) is 18.9 Å². The summed E-state index contributed by atoms with van der Waals surface area (Å²) in [6.07, 6.45) is 0.751. The highest BCUT2D eigenvalue weighted by atomic mass is 16.6. The van der Waals surface area contributed by atoms with E-state index >= 15 is 0 Å². The van der Waals surface area contributed by atoms with Crippen LogP contribution in [0.3, 0.4) is 0 Å². The third kappa shape index (κ3) is 6.16. The third-order valence-corrected chi connectivity index (χ3v) is 10.6. The minimum absolute atomic E-state index is 0.0311. The predicted molar refractivity (Wildman–Crippen MR) is 192 cm³/mol. The molecule has 4 aliphatic rings. The molecule has 298 valence electrons. The average molecular weight is 779 g/mol. The van der Waals surface area contributed by atoms with Gasteiger partial charge in [0.1, 0.15) is 35.6 Å². The Morgan fingerprint density at radius 3 is 1.82 bits per heavy atom. The van der Waals surface area contributed by atoms with E-state index in [1.165, 1.54) is 26.9 Å². The van der Waals surface area contributed by atoms with Crippen molar-refractivity contribution in [1.29, 1.82) is 0 Å². The molecule has 1 aromatic carbocycles. The molecule has 4 saturated heterocycles. The number of rotatable bonds is 8. The van der Waals surface area contributed by atoms with Gasteiger partial charge < -0.3 is 54.6 Å². The highest BCUT2D eigenvalue weighted by Crippen LogP contribution is 2.49. The molecular weight excluding hydrogens is 736 g/mol. The second kappa shape index (κ2) is 15.1. The van der Waals surface area contributed by atoms with Gasteiger partial charge in [0.25, 0.3) is 5.91 Å². The molecule has 4 fully saturated rings. The molecule has 0 bridgehead atoms. The quantitative estimate of drug-likeness (QED) is 0.122. The molecular formula is C35H42N10O11. The highest BCUT2D eigenvalue weighted by molar-refractivity contribution is 6.03. The summed E-state index contributed by atoms with van der Waals surface area (Å²) in [5.74, 6) is 0.135. The molecule has 5 aromatic rings. The number of nitrogens with two attached hydrogens (primary N) is 1. The maximum Gasteiger partial charge on any atom is 0.258 e. The van der Waals surface area contributed by atoms with Crippen LogP contribution in [0.2, 0.25) is 0 Å². The summed E-state index contributed by atoms with van der Waals surface area (Å²) in [5, 5.41) is 43.3. The van der Waals surface area contributed by atoms with Crippen molar-refractivity contribution in [2.45, 2.75) is 73.8 Å². The number of carbonyl (C=O) groups excluding carboxylic acids is 1. The van der Waals surface area contributed by atoms with Gasteiger partial charge in [-0.25, -0.2) is 9.97 Å². The Labute approximate surface area is 318 Å². The van der Waals surface area contributed by atoms with E-state index in [1.807, 2.05) is 6.07 Å². The number of amides is 1. The number of aliphatic hydroxyl groups excluding tert-OH is 4. The summed E-state index contributed by atoms with van der Waals surface area (Å²) in [4.78, 5) is 38.2. The number of hydrogen-bond acceptors (Lipinski definition) is 18. The van der Waals surface area contributed by atoms with Crippen LogP contribution in [0.1, 0.15) is 48.5 Å². The minimum Gasteiger partial charge on any atom is -0.479 e. The number of aliphatic hydroxyl groups is 4. The smallest absolute Gasteiger partial charge is 0.258 e. The van der Waals surface area contributed by atoms with E-state index in [4.69, 9.17) is 34.2 Å². The Balaban J connectivity index is 0.000000164. The molecule has 8 heterocycles. The van der Waals surface area contributed by atoms with Crippen molar-refractivity contribution >= 4 is 40.1 Å². The first-order chi connectivity index (χ1) is 27.2. The van der Waals surface area contributed by atoms with Gasteiger partial charge >= 0.3 is 0 Å². The van der Waals surface area contributed by atoms with Gasteiger partial charge in [0, 0.05) is 18.8 Å². The van der Waals surface area contributed by atoms with Gasteiger partial charge in [0.2, 0.25) is 23.7 Å². The van der Waals surface area contributed by atoms with E-state index in [9.17, 15) is 25.2 Å². The second-order valence-electron chi connectivity index (χ2n) is 13.7. The molecule has 2 spiro atoms. The van der Waals surface area contributed by atoms with Crippen LogP contribution in [0.4, 0.5) is 11.9 Å². The van der Waals surface area contributed by atoms with E-state index in [2.05, 4.69) is 35.2 Å². The van der Waals surface area contributed by atoms with Gasteiger partial charge in [-0.2, -0.15) is 19.9 Å². The van der Waals surface area contributed by atoms with Crippen LogP contribution in [0.25, 0.3) is 22.3 Å². The van der Waals surface area contributed by atoms with E-state index in [0.29, 0.717) is 53.9 Å². The fourth-order valence-corrected chi connectivity index (χ4v) is 7.99. The molecule has 4 aromatic heterocycles. The fourth-order valence-electron chi connectivity index (χ4n) is 7.99. The normalized spacial score (nSPS) is 29.7. The molecule has 1 amide bonds. The Morgan fingerprint density at radius 1 is 0.821 bits per heavy atom. The maximum atomic E-state index is 12.6. The Morgan fingerprint density at radius 2 is 1.34 bits per heavy atom. The van der Waals surface area contributed by atoms with Crippen molar-refractivity contribution in [3.63, 3.8) is 0 Å². The van der Waals surface area contributed by atoms with Crippen LogP contribution in [0, 0.1) is 0 Å². The average Bonchev–Trinajstić information content (AvgIpc) is 4.09. The van der Waals surface area contributed by atoms with Crippen molar-refractivity contribution in [3.8, 4) is 11.8 Å². The molecule has 0 radical (unpaired) electrons. The number of aromatic nitrogens is 8. The zero-order valence-electron chi connectivity index (χ0n) is 30.5. The van der Waals surface area contributed by atoms with Crippen molar-refractivity contribution in [3.05, 3.63) is 48.5 Å².